The molecule has 2 N–H and O–H groups in total. The largest absolute Gasteiger partial charge is 0.394 e. The average Bonchev–Trinajstić information content (AvgIpc) is 3.29. The Labute approximate surface area is 162 Å². The second-order valence-corrected chi connectivity index (χ2v) is 7.48. The predicted molar refractivity (Wildman–Crippen MR) is 105 cm³/mol. The lowest BCUT2D eigenvalue weighted by Gasteiger charge is -2.25. The highest BCUT2D eigenvalue weighted by Gasteiger charge is 2.30. The quantitative estimate of drug-likeness (QED) is 0.707. The molecule has 0 unspecified atom stereocenters. The van der Waals surface area contributed by atoms with Crippen LogP contribution in [0.1, 0.15) is 47.5 Å². The molecular weight excluding hydrogens is 356 g/mol. The summed E-state index contributed by atoms with van der Waals surface area (Å²) in [6.45, 7) is 0.941. The first-order valence-electron chi connectivity index (χ1n) is 9.72. The van der Waals surface area contributed by atoms with Crippen LogP contribution in [0.15, 0.2) is 36.8 Å². The van der Waals surface area contributed by atoms with Gasteiger partial charge < -0.3 is 15.3 Å². The van der Waals surface area contributed by atoms with Crippen molar-refractivity contribution in [2.75, 3.05) is 23.4 Å². The van der Waals surface area contributed by atoms with Crippen molar-refractivity contribution in [1.29, 1.82) is 0 Å². The highest BCUT2D eigenvalue weighted by molar-refractivity contribution is 6.03. The summed E-state index contributed by atoms with van der Waals surface area (Å²) in [5.74, 6) is 1.60. The summed E-state index contributed by atoms with van der Waals surface area (Å²) in [4.78, 5) is 23.7. The van der Waals surface area contributed by atoms with Crippen molar-refractivity contribution in [1.82, 2.24) is 19.6 Å². The molecule has 8 heteroatoms. The second kappa shape index (κ2) is 6.87. The molecule has 144 valence electrons. The molecule has 2 aliphatic rings. The number of aliphatic hydroxyl groups excluding tert-OH is 1. The lowest BCUT2D eigenvalue weighted by atomic mass is 10.2. The first-order valence-corrected chi connectivity index (χ1v) is 9.72. The van der Waals surface area contributed by atoms with Gasteiger partial charge >= 0.3 is 0 Å². The number of anilines is 2. The van der Waals surface area contributed by atoms with Gasteiger partial charge in [-0.1, -0.05) is 0 Å². The van der Waals surface area contributed by atoms with E-state index in [0.29, 0.717) is 17.3 Å². The van der Waals surface area contributed by atoms with Gasteiger partial charge in [-0.05, 0) is 43.7 Å². The Kier molecular flexibility index (Phi) is 4.20. The Morgan fingerprint density at radius 2 is 2.18 bits per heavy atom. The molecule has 1 atom stereocenters. The maximum Gasteiger partial charge on any atom is 0.258 e. The minimum Gasteiger partial charge on any atom is -0.394 e. The van der Waals surface area contributed by atoms with Crippen LogP contribution in [0.25, 0.3) is 5.65 Å². The third-order valence-corrected chi connectivity index (χ3v) is 5.55. The summed E-state index contributed by atoms with van der Waals surface area (Å²) < 4.78 is 1.70. The Hall–Kier alpha value is -3.00. The number of aliphatic hydroxyl groups is 1. The molecule has 3 aromatic rings. The van der Waals surface area contributed by atoms with Crippen molar-refractivity contribution in [2.24, 2.45) is 0 Å². The monoisotopic (exact) mass is 378 g/mol. The molecule has 0 spiro atoms. The van der Waals surface area contributed by atoms with Gasteiger partial charge in [0.05, 0.1) is 24.4 Å². The fraction of sp³-hybridized carbons (Fsp3) is 0.400. The van der Waals surface area contributed by atoms with Crippen molar-refractivity contribution in [3.05, 3.63) is 47.9 Å². The number of hydrogen-bond donors (Lipinski definition) is 2. The van der Waals surface area contributed by atoms with Crippen molar-refractivity contribution in [2.45, 2.75) is 37.6 Å². The maximum absolute atomic E-state index is 12.7. The first kappa shape index (κ1) is 17.1. The van der Waals surface area contributed by atoms with Gasteiger partial charge in [0.1, 0.15) is 11.6 Å². The Morgan fingerprint density at radius 1 is 1.29 bits per heavy atom. The Bertz CT molecular complexity index is 1010. The molecule has 0 bridgehead atoms. The van der Waals surface area contributed by atoms with E-state index in [4.69, 9.17) is 4.98 Å². The van der Waals surface area contributed by atoms with E-state index in [2.05, 4.69) is 20.3 Å². The zero-order valence-corrected chi connectivity index (χ0v) is 15.5. The molecule has 4 heterocycles. The zero-order chi connectivity index (χ0) is 19.1. The number of fused-ring (bicyclic) bond motifs is 1. The molecule has 1 amide bonds. The first-order chi connectivity index (χ1) is 13.7. The predicted octanol–water partition coefficient (Wildman–Crippen LogP) is 2.22. The van der Waals surface area contributed by atoms with Crippen LogP contribution in [0.5, 0.6) is 0 Å². The van der Waals surface area contributed by atoms with Gasteiger partial charge in [-0.2, -0.15) is 9.61 Å². The summed E-state index contributed by atoms with van der Waals surface area (Å²) in [5, 5.41) is 17.2. The van der Waals surface area contributed by atoms with Gasteiger partial charge in [-0.3, -0.25) is 9.78 Å². The smallest absolute Gasteiger partial charge is 0.258 e. The molecule has 0 aromatic carbocycles. The zero-order valence-electron chi connectivity index (χ0n) is 15.5. The number of aromatic nitrogens is 4. The highest BCUT2D eigenvalue weighted by Crippen LogP contribution is 2.42. The van der Waals surface area contributed by atoms with Gasteiger partial charge in [-0.25, -0.2) is 4.98 Å². The van der Waals surface area contributed by atoms with Gasteiger partial charge in [0, 0.05) is 30.6 Å². The van der Waals surface area contributed by atoms with Crippen molar-refractivity contribution < 1.29 is 9.90 Å². The number of hydrogen-bond acceptors (Lipinski definition) is 6. The topological polar surface area (TPSA) is 95.7 Å². The average molecular weight is 378 g/mol. The Morgan fingerprint density at radius 3 is 2.93 bits per heavy atom. The molecule has 28 heavy (non-hydrogen) atoms. The number of nitrogens with one attached hydrogen (secondary N) is 1. The number of rotatable bonds is 5. The SMILES string of the molecule is O=C(Nc1cc(N2CCC[C@H]2CO)nc2c(C3CC3)cnn12)c1cccnc1. The number of carbonyl (C=O) groups excluding carboxylic acids is 1. The number of nitrogens with zero attached hydrogens (tertiary/aromatic N) is 5. The molecule has 3 aromatic heterocycles. The molecule has 1 saturated carbocycles. The molecule has 1 aliphatic heterocycles. The Balaban J connectivity index is 1.57. The summed E-state index contributed by atoms with van der Waals surface area (Å²) in [5.41, 5.74) is 2.39. The molecule has 1 aliphatic carbocycles. The number of pyridine rings is 1. The van der Waals surface area contributed by atoms with Crippen LogP contribution < -0.4 is 10.2 Å². The van der Waals surface area contributed by atoms with Crippen LogP contribution in [0.4, 0.5) is 11.6 Å². The molecule has 8 nitrogen and oxygen atoms in total. The van der Waals surface area contributed by atoms with Crippen molar-refractivity contribution >= 4 is 23.2 Å². The normalized spacial score (nSPS) is 19.3. The standard InChI is InChI=1S/C20H22N6O2/c27-12-15-4-2-8-25(15)17-9-18(24-20(28)14-3-1-7-21-10-14)26-19(23-17)16(11-22-26)13-5-6-13/h1,3,7,9-11,13,15,27H,2,4-6,8,12H2,(H,24,28)/t15-/m0/s1. The van der Waals surface area contributed by atoms with E-state index in [-0.39, 0.29) is 18.6 Å². The van der Waals surface area contributed by atoms with E-state index in [0.717, 1.165) is 49.3 Å². The van der Waals surface area contributed by atoms with Crippen LogP contribution in [-0.4, -0.2) is 49.8 Å². The highest BCUT2D eigenvalue weighted by atomic mass is 16.3. The fourth-order valence-electron chi connectivity index (χ4n) is 3.90. The van der Waals surface area contributed by atoms with Crippen LogP contribution in [0, 0.1) is 0 Å². The molecule has 5 rings (SSSR count). The fourth-order valence-corrected chi connectivity index (χ4v) is 3.90. The molecule has 1 saturated heterocycles. The van der Waals surface area contributed by atoms with E-state index >= 15 is 0 Å². The van der Waals surface area contributed by atoms with Gasteiger partial charge in [0.15, 0.2) is 5.65 Å². The van der Waals surface area contributed by atoms with E-state index in [1.165, 1.54) is 6.20 Å². The van der Waals surface area contributed by atoms with Gasteiger partial charge in [-0.15, -0.1) is 0 Å². The number of carbonyl (C=O) groups is 1. The third-order valence-electron chi connectivity index (χ3n) is 5.55. The van der Waals surface area contributed by atoms with Crippen LogP contribution in [-0.2, 0) is 0 Å². The van der Waals surface area contributed by atoms with E-state index in [1.54, 1.807) is 22.8 Å². The van der Waals surface area contributed by atoms with Crippen LogP contribution in [0.2, 0.25) is 0 Å². The van der Waals surface area contributed by atoms with Crippen molar-refractivity contribution in [3.63, 3.8) is 0 Å². The molecule has 0 radical (unpaired) electrons. The summed E-state index contributed by atoms with van der Waals surface area (Å²) in [7, 11) is 0. The minimum atomic E-state index is -0.241. The minimum absolute atomic E-state index is 0.0594. The lowest BCUT2D eigenvalue weighted by Crippen LogP contribution is -2.33. The summed E-state index contributed by atoms with van der Waals surface area (Å²) >= 11 is 0. The van der Waals surface area contributed by atoms with Crippen molar-refractivity contribution in [3.8, 4) is 0 Å². The summed E-state index contributed by atoms with van der Waals surface area (Å²) in [6, 6.07) is 5.36. The lowest BCUT2D eigenvalue weighted by molar-refractivity contribution is 0.102. The van der Waals surface area contributed by atoms with Gasteiger partial charge in [0.25, 0.3) is 5.91 Å². The molecule has 2 fully saturated rings. The van der Waals surface area contributed by atoms with Gasteiger partial charge in [0.2, 0.25) is 0 Å². The van der Waals surface area contributed by atoms with E-state index in [1.807, 2.05) is 12.3 Å². The summed E-state index contributed by atoms with van der Waals surface area (Å²) in [6.07, 6.45) is 9.28. The molecular formula is C20H22N6O2. The third kappa shape index (κ3) is 2.99. The van der Waals surface area contributed by atoms with E-state index < -0.39 is 0 Å². The van der Waals surface area contributed by atoms with Crippen LogP contribution >= 0.6 is 0 Å². The maximum atomic E-state index is 12.7. The van der Waals surface area contributed by atoms with E-state index in [9.17, 15) is 9.90 Å². The number of amides is 1. The van der Waals surface area contributed by atoms with Crippen LogP contribution in [0.3, 0.4) is 0 Å². The second-order valence-electron chi connectivity index (χ2n) is 7.48.